The van der Waals surface area contributed by atoms with Crippen LogP contribution in [0.25, 0.3) is 0 Å². The maximum atomic E-state index is 12.6. The number of aryl methyl sites for hydroxylation is 2. The summed E-state index contributed by atoms with van der Waals surface area (Å²) in [5.74, 6) is 0.329. The monoisotopic (exact) mass is 340 g/mol. The Kier molecular flexibility index (Phi) is 4.72. The summed E-state index contributed by atoms with van der Waals surface area (Å²) >= 11 is 0. The molecular weight excluding hydrogens is 312 g/mol. The van der Waals surface area contributed by atoms with Gasteiger partial charge in [-0.2, -0.15) is 0 Å². The third kappa shape index (κ3) is 3.94. The summed E-state index contributed by atoms with van der Waals surface area (Å²) in [6.45, 7) is 9.49. The van der Waals surface area contributed by atoms with Crippen molar-refractivity contribution in [1.29, 1.82) is 0 Å². The first-order valence-electron chi connectivity index (χ1n) is 9.12. The molecule has 1 unspecified atom stereocenters. The highest BCUT2D eigenvalue weighted by molar-refractivity contribution is 5.95. The minimum atomic E-state index is 0.0917. The second kappa shape index (κ2) is 6.66. The molecule has 2 amide bonds. The molecule has 4 heteroatoms. The third-order valence-corrected chi connectivity index (χ3v) is 5.48. The predicted molar refractivity (Wildman–Crippen MR) is 100 cm³/mol. The molecule has 2 aliphatic rings. The minimum absolute atomic E-state index is 0.0917. The van der Waals surface area contributed by atoms with Gasteiger partial charge in [0.2, 0.25) is 11.8 Å². The molecule has 1 N–H and O–H groups in total. The van der Waals surface area contributed by atoms with E-state index in [1.165, 1.54) is 0 Å². The van der Waals surface area contributed by atoms with E-state index in [2.05, 4.69) is 11.4 Å². The van der Waals surface area contributed by atoms with E-state index in [0.717, 1.165) is 54.7 Å². The van der Waals surface area contributed by atoms with Crippen LogP contribution in [-0.4, -0.2) is 29.8 Å². The highest BCUT2D eigenvalue weighted by Gasteiger charge is 2.58. The van der Waals surface area contributed by atoms with Crippen LogP contribution in [0.4, 0.5) is 5.69 Å². The number of piperidine rings is 1. The van der Waals surface area contributed by atoms with Crippen molar-refractivity contribution in [2.45, 2.75) is 47.0 Å². The number of likely N-dealkylation sites (tertiary alicyclic amines) is 1. The molecule has 0 aromatic heterocycles. The fourth-order valence-electron chi connectivity index (χ4n) is 4.06. The molecule has 0 radical (unpaired) electrons. The average molecular weight is 340 g/mol. The van der Waals surface area contributed by atoms with Gasteiger partial charge >= 0.3 is 0 Å². The lowest BCUT2D eigenvalue weighted by Crippen LogP contribution is -2.39. The van der Waals surface area contributed by atoms with Crippen molar-refractivity contribution in [1.82, 2.24) is 4.90 Å². The number of carbonyl (C=O) groups excluding carboxylic acids is 2. The summed E-state index contributed by atoms with van der Waals surface area (Å²) in [4.78, 5) is 26.7. The molecule has 1 heterocycles. The molecule has 1 atom stereocenters. The van der Waals surface area contributed by atoms with Crippen molar-refractivity contribution in [3.8, 4) is 0 Å². The smallest absolute Gasteiger partial charge is 0.246 e. The molecule has 1 aromatic carbocycles. The maximum Gasteiger partial charge on any atom is 0.246 e. The number of hydrogen-bond acceptors (Lipinski definition) is 2. The second-order valence-electron chi connectivity index (χ2n) is 8.03. The molecule has 1 aromatic rings. The fourth-order valence-corrected chi connectivity index (χ4v) is 4.06. The van der Waals surface area contributed by atoms with Crippen LogP contribution in [0.2, 0.25) is 0 Å². The van der Waals surface area contributed by atoms with Gasteiger partial charge < -0.3 is 10.2 Å². The third-order valence-electron chi connectivity index (χ3n) is 5.48. The van der Waals surface area contributed by atoms with Gasteiger partial charge in [0.15, 0.2) is 0 Å². The minimum Gasteiger partial charge on any atom is -0.339 e. The Labute approximate surface area is 150 Å². The van der Waals surface area contributed by atoms with Crippen LogP contribution in [0.3, 0.4) is 0 Å². The normalized spacial score (nSPS) is 21.0. The van der Waals surface area contributed by atoms with Crippen LogP contribution < -0.4 is 5.32 Å². The Hall–Kier alpha value is -2.10. The van der Waals surface area contributed by atoms with Gasteiger partial charge in [-0.05, 0) is 75.6 Å². The van der Waals surface area contributed by atoms with Gasteiger partial charge in [-0.15, -0.1) is 0 Å². The van der Waals surface area contributed by atoms with Gasteiger partial charge in [-0.1, -0.05) is 11.6 Å². The van der Waals surface area contributed by atoms with Crippen molar-refractivity contribution in [2.24, 2.45) is 11.3 Å². The molecule has 1 aliphatic heterocycles. The van der Waals surface area contributed by atoms with Crippen molar-refractivity contribution >= 4 is 17.5 Å². The fraction of sp³-hybridized carbons (Fsp3) is 0.524. The van der Waals surface area contributed by atoms with E-state index in [0.29, 0.717) is 0 Å². The van der Waals surface area contributed by atoms with Gasteiger partial charge in [-0.25, -0.2) is 0 Å². The molecule has 0 bridgehead atoms. The van der Waals surface area contributed by atoms with Crippen LogP contribution in [-0.2, 0) is 9.59 Å². The van der Waals surface area contributed by atoms with Crippen LogP contribution in [0.15, 0.2) is 29.8 Å². The van der Waals surface area contributed by atoms with Gasteiger partial charge in [0, 0.05) is 30.8 Å². The summed E-state index contributed by atoms with van der Waals surface area (Å²) in [7, 11) is 0. The highest BCUT2D eigenvalue weighted by Crippen LogP contribution is 2.59. The molecule has 1 spiro atoms. The van der Waals surface area contributed by atoms with Crippen LogP contribution in [0, 0.1) is 25.2 Å². The largest absolute Gasteiger partial charge is 0.339 e. The average Bonchev–Trinajstić information content (AvgIpc) is 3.20. The van der Waals surface area contributed by atoms with E-state index in [-0.39, 0.29) is 23.1 Å². The quantitative estimate of drug-likeness (QED) is 0.850. The number of anilines is 1. The number of benzene rings is 1. The number of nitrogens with one attached hydrogen (secondary N) is 1. The van der Waals surface area contributed by atoms with E-state index in [9.17, 15) is 9.59 Å². The Morgan fingerprint density at radius 1 is 1.12 bits per heavy atom. The molecule has 1 saturated carbocycles. The molecule has 25 heavy (non-hydrogen) atoms. The zero-order valence-electron chi connectivity index (χ0n) is 15.7. The molecular formula is C21H28N2O2. The Bertz CT molecular complexity index is 703. The lowest BCUT2D eigenvalue weighted by Gasteiger charge is -2.32. The number of carbonyl (C=O) groups is 2. The van der Waals surface area contributed by atoms with E-state index in [1.54, 1.807) is 6.08 Å². The van der Waals surface area contributed by atoms with Crippen molar-refractivity contribution in [3.63, 3.8) is 0 Å². The van der Waals surface area contributed by atoms with Crippen LogP contribution in [0.1, 0.15) is 44.2 Å². The summed E-state index contributed by atoms with van der Waals surface area (Å²) in [6.07, 6.45) is 4.52. The molecule has 134 valence electrons. The van der Waals surface area contributed by atoms with Crippen molar-refractivity contribution in [2.75, 3.05) is 18.4 Å². The second-order valence-corrected chi connectivity index (χ2v) is 8.03. The lowest BCUT2D eigenvalue weighted by atomic mass is 9.90. The van der Waals surface area contributed by atoms with Gasteiger partial charge in [-0.3, -0.25) is 9.59 Å². The number of nitrogens with zero attached hydrogens (tertiary/aromatic N) is 1. The number of allylic oxidation sites excluding steroid dienone is 1. The summed E-state index contributed by atoms with van der Waals surface area (Å²) < 4.78 is 0. The molecule has 2 fully saturated rings. The topological polar surface area (TPSA) is 49.4 Å². The van der Waals surface area contributed by atoms with E-state index >= 15 is 0 Å². The number of hydrogen-bond donors (Lipinski definition) is 1. The van der Waals surface area contributed by atoms with Crippen molar-refractivity contribution < 1.29 is 9.59 Å². The number of amides is 2. The van der Waals surface area contributed by atoms with Crippen LogP contribution >= 0.6 is 0 Å². The number of rotatable bonds is 3. The zero-order valence-corrected chi connectivity index (χ0v) is 15.7. The van der Waals surface area contributed by atoms with Gasteiger partial charge in [0.1, 0.15) is 0 Å². The Morgan fingerprint density at radius 3 is 2.28 bits per heavy atom. The summed E-state index contributed by atoms with van der Waals surface area (Å²) in [6, 6.07) is 6.13. The van der Waals surface area contributed by atoms with Gasteiger partial charge in [0.25, 0.3) is 0 Å². The summed E-state index contributed by atoms with van der Waals surface area (Å²) in [5, 5.41) is 3.09. The van der Waals surface area contributed by atoms with E-state index < -0.39 is 0 Å². The highest BCUT2D eigenvalue weighted by atomic mass is 16.2. The predicted octanol–water partition coefficient (Wildman–Crippen LogP) is 3.84. The molecule has 1 aliphatic carbocycles. The van der Waals surface area contributed by atoms with E-state index in [1.807, 2.05) is 44.7 Å². The molecule has 1 saturated heterocycles. The first-order chi connectivity index (χ1) is 11.8. The van der Waals surface area contributed by atoms with Crippen molar-refractivity contribution in [3.05, 3.63) is 41.0 Å². The zero-order chi connectivity index (χ0) is 18.2. The molecule has 3 rings (SSSR count). The van der Waals surface area contributed by atoms with Gasteiger partial charge in [0.05, 0.1) is 0 Å². The first kappa shape index (κ1) is 17.7. The summed E-state index contributed by atoms with van der Waals surface area (Å²) in [5.41, 5.74) is 4.35. The van der Waals surface area contributed by atoms with Crippen LogP contribution in [0.5, 0.6) is 0 Å². The first-order valence-corrected chi connectivity index (χ1v) is 9.12. The Morgan fingerprint density at radius 2 is 1.72 bits per heavy atom. The van der Waals surface area contributed by atoms with E-state index in [4.69, 9.17) is 0 Å². The maximum absolute atomic E-state index is 12.6. The Balaban J connectivity index is 1.56. The standard InChI is InChI=1S/C21H28N2O2/c1-14(2)9-19(24)23-7-5-21(6-8-23)13-18(21)20(25)22-17-11-15(3)10-16(4)12-17/h9-12,18H,5-8,13H2,1-4H3,(H,22,25). The molecule has 4 nitrogen and oxygen atoms in total. The lowest BCUT2D eigenvalue weighted by molar-refractivity contribution is -0.127. The SMILES string of the molecule is CC(C)=CC(=O)N1CCC2(CC1)CC2C(=O)Nc1cc(C)cc(C)c1.